The Hall–Kier alpha value is -1.13. The van der Waals surface area contributed by atoms with Gasteiger partial charge in [0.05, 0.1) is 19.3 Å². The zero-order valence-electron chi connectivity index (χ0n) is 13.8. The van der Waals surface area contributed by atoms with Crippen molar-refractivity contribution in [1.82, 2.24) is 10.3 Å². The molecule has 4 nitrogen and oxygen atoms in total. The molecule has 1 unspecified atom stereocenters. The van der Waals surface area contributed by atoms with E-state index in [0.29, 0.717) is 6.61 Å². The van der Waals surface area contributed by atoms with Gasteiger partial charge < -0.3 is 14.8 Å². The van der Waals surface area contributed by atoms with E-state index in [4.69, 9.17) is 9.47 Å². The standard InChI is InChI=1S/C16H28N2O2/c1-11-9-18-14(12(2)15(11)19-7)8-13(17-6)10-20-16(3,4)5/h9,13,17H,8,10H2,1-7H3. The molecular weight excluding hydrogens is 252 g/mol. The third-order valence-electron chi connectivity index (χ3n) is 3.32. The molecule has 0 saturated carbocycles. The minimum Gasteiger partial charge on any atom is -0.496 e. The van der Waals surface area contributed by atoms with Crippen LogP contribution in [-0.2, 0) is 11.2 Å². The highest BCUT2D eigenvalue weighted by molar-refractivity contribution is 5.41. The van der Waals surface area contributed by atoms with Crippen LogP contribution in [0.15, 0.2) is 6.20 Å². The molecule has 1 aromatic rings. The number of ether oxygens (including phenoxy) is 2. The Labute approximate surface area is 122 Å². The maximum Gasteiger partial charge on any atom is 0.128 e. The van der Waals surface area contributed by atoms with Crippen molar-refractivity contribution in [2.75, 3.05) is 20.8 Å². The van der Waals surface area contributed by atoms with Gasteiger partial charge in [-0.05, 0) is 41.7 Å². The van der Waals surface area contributed by atoms with Crippen LogP contribution < -0.4 is 10.1 Å². The number of aryl methyl sites for hydroxylation is 1. The van der Waals surface area contributed by atoms with Gasteiger partial charge in [0, 0.05) is 35.5 Å². The van der Waals surface area contributed by atoms with Crippen LogP contribution in [-0.4, -0.2) is 37.4 Å². The van der Waals surface area contributed by atoms with Crippen LogP contribution in [0.2, 0.25) is 0 Å². The number of hydrogen-bond acceptors (Lipinski definition) is 4. The lowest BCUT2D eigenvalue weighted by molar-refractivity contribution is -0.0136. The summed E-state index contributed by atoms with van der Waals surface area (Å²) in [6.07, 6.45) is 2.70. The van der Waals surface area contributed by atoms with Crippen LogP contribution in [0.25, 0.3) is 0 Å². The number of methoxy groups -OCH3 is 1. The van der Waals surface area contributed by atoms with Gasteiger partial charge in [-0.25, -0.2) is 0 Å². The topological polar surface area (TPSA) is 43.4 Å². The van der Waals surface area contributed by atoms with Gasteiger partial charge >= 0.3 is 0 Å². The Bertz CT molecular complexity index is 439. The molecule has 0 amide bonds. The molecule has 1 rings (SSSR count). The summed E-state index contributed by atoms with van der Waals surface area (Å²) in [5.41, 5.74) is 3.12. The van der Waals surface area contributed by atoms with Gasteiger partial charge in [0.2, 0.25) is 0 Å². The van der Waals surface area contributed by atoms with E-state index in [1.807, 2.05) is 20.2 Å². The molecule has 0 saturated heterocycles. The third-order valence-corrected chi connectivity index (χ3v) is 3.32. The van der Waals surface area contributed by atoms with Crippen molar-refractivity contribution in [3.8, 4) is 5.75 Å². The number of aromatic nitrogens is 1. The third kappa shape index (κ3) is 4.76. The predicted octanol–water partition coefficient (Wildman–Crippen LogP) is 2.65. The van der Waals surface area contributed by atoms with Crippen molar-refractivity contribution in [2.24, 2.45) is 0 Å². The van der Waals surface area contributed by atoms with Crippen LogP contribution in [0.5, 0.6) is 5.75 Å². The van der Waals surface area contributed by atoms with Crippen LogP contribution in [0.1, 0.15) is 37.6 Å². The van der Waals surface area contributed by atoms with Crippen LogP contribution >= 0.6 is 0 Å². The van der Waals surface area contributed by atoms with Gasteiger partial charge in [0.15, 0.2) is 0 Å². The Morgan fingerprint density at radius 2 is 1.95 bits per heavy atom. The maximum atomic E-state index is 5.85. The van der Waals surface area contributed by atoms with E-state index < -0.39 is 0 Å². The van der Waals surface area contributed by atoms with E-state index in [9.17, 15) is 0 Å². The number of likely N-dealkylation sites (N-methyl/N-ethyl adjacent to an activating group) is 1. The average Bonchev–Trinajstić information content (AvgIpc) is 2.36. The summed E-state index contributed by atoms with van der Waals surface area (Å²) in [6.45, 7) is 10.9. The van der Waals surface area contributed by atoms with Crippen molar-refractivity contribution in [2.45, 2.75) is 52.7 Å². The lowest BCUT2D eigenvalue weighted by atomic mass is 10.0. The Morgan fingerprint density at radius 1 is 1.30 bits per heavy atom. The van der Waals surface area contributed by atoms with Crippen molar-refractivity contribution in [1.29, 1.82) is 0 Å². The summed E-state index contributed by atoms with van der Waals surface area (Å²) in [7, 11) is 3.66. The van der Waals surface area contributed by atoms with Crippen LogP contribution in [0.4, 0.5) is 0 Å². The zero-order valence-corrected chi connectivity index (χ0v) is 13.8. The molecular formula is C16H28N2O2. The van der Waals surface area contributed by atoms with E-state index in [-0.39, 0.29) is 11.6 Å². The van der Waals surface area contributed by atoms with Gasteiger partial charge in [0.1, 0.15) is 5.75 Å². The van der Waals surface area contributed by atoms with Gasteiger partial charge in [-0.15, -0.1) is 0 Å². The minimum absolute atomic E-state index is 0.122. The lowest BCUT2D eigenvalue weighted by Crippen LogP contribution is -2.36. The number of rotatable bonds is 6. The highest BCUT2D eigenvalue weighted by Crippen LogP contribution is 2.24. The second-order valence-electron chi connectivity index (χ2n) is 6.16. The van der Waals surface area contributed by atoms with Gasteiger partial charge in [0.25, 0.3) is 0 Å². The second-order valence-corrected chi connectivity index (χ2v) is 6.16. The highest BCUT2D eigenvalue weighted by atomic mass is 16.5. The largest absolute Gasteiger partial charge is 0.496 e. The first-order valence-electron chi connectivity index (χ1n) is 7.08. The fourth-order valence-corrected chi connectivity index (χ4v) is 2.11. The van der Waals surface area contributed by atoms with Gasteiger partial charge in [-0.3, -0.25) is 4.98 Å². The molecule has 0 fully saturated rings. The molecule has 0 aliphatic heterocycles. The molecule has 0 aliphatic rings. The Kier molecular flexibility index (Phi) is 5.96. The zero-order chi connectivity index (χ0) is 15.3. The quantitative estimate of drug-likeness (QED) is 0.870. The molecule has 4 heteroatoms. The second kappa shape index (κ2) is 7.04. The minimum atomic E-state index is -0.122. The van der Waals surface area contributed by atoms with Gasteiger partial charge in [-0.2, -0.15) is 0 Å². The average molecular weight is 280 g/mol. The molecule has 1 N–H and O–H groups in total. The normalized spacial score (nSPS) is 13.3. The molecule has 0 aliphatic carbocycles. The van der Waals surface area contributed by atoms with E-state index in [1.54, 1.807) is 7.11 Å². The highest BCUT2D eigenvalue weighted by Gasteiger charge is 2.17. The molecule has 0 bridgehead atoms. The predicted molar refractivity (Wildman–Crippen MR) is 82.5 cm³/mol. The first-order chi connectivity index (χ1) is 9.28. The maximum absolute atomic E-state index is 5.85. The summed E-state index contributed by atoms with van der Waals surface area (Å²) in [6, 6.07) is 0.243. The fraction of sp³-hybridized carbons (Fsp3) is 0.688. The Balaban J connectivity index is 2.80. The van der Waals surface area contributed by atoms with Crippen molar-refractivity contribution in [3.05, 3.63) is 23.0 Å². The van der Waals surface area contributed by atoms with Crippen LogP contribution in [0.3, 0.4) is 0 Å². The van der Waals surface area contributed by atoms with Crippen molar-refractivity contribution >= 4 is 0 Å². The van der Waals surface area contributed by atoms with E-state index >= 15 is 0 Å². The molecule has 20 heavy (non-hydrogen) atoms. The molecule has 114 valence electrons. The molecule has 0 radical (unpaired) electrons. The number of nitrogens with zero attached hydrogens (tertiary/aromatic N) is 1. The first kappa shape index (κ1) is 16.9. The Morgan fingerprint density at radius 3 is 2.45 bits per heavy atom. The van der Waals surface area contributed by atoms with Crippen molar-refractivity contribution < 1.29 is 9.47 Å². The van der Waals surface area contributed by atoms with Crippen molar-refractivity contribution in [3.63, 3.8) is 0 Å². The smallest absolute Gasteiger partial charge is 0.128 e. The molecule has 0 spiro atoms. The number of nitrogens with one attached hydrogen (secondary N) is 1. The summed E-state index contributed by atoms with van der Waals surface area (Å²) in [5.74, 6) is 0.932. The summed E-state index contributed by atoms with van der Waals surface area (Å²) < 4.78 is 11.3. The fourth-order valence-electron chi connectivity index (χ4n) is 2.11. The molecule has 0 aromatic carbocycles. The van der Waals surface area contributed by atoms with Gasteiger partial charge in [-0.1, -0.05) is 0 Å². The lowest BCUT2D eigenvalue weighted by Gasteiger charge is -2.24. The summed E-state index contributed by atoms with van der Waals surface area (Å²) in [5, 5.41) is 3.30. The van der Waals surface area contributed by atoms with Crippen LogP contribution in [0, 0.1) is 13.8 Å². The summed E-state index contributed by atoms with van der Waals surface area (Å²) in [4.78, 5) is 4.54. The molecule has 1 aromatic heterocycles. The van der Waals surface area contributed by atoms with E-state index in [1.165, 1.54) is 0 Å². The number of pyridine rings is 1. The SMILES string of the molecule is CNC(COC(C)(C)C)Cc1ncc(C)c(OC)c1C. The first-order valence-corrected chi connectivity index (χ1v) is 7.08. The monoisotopic (exact) mass is 280 g/mol. The summed E-state index contributed by atoms with van der Waals surface area (Å²) >= 11 is 0. The molecule has 1 heterocycles. The number of hydrogen-bond donors (Lipinski definition) is 1. The van der Waals surface area contributed by atoms with E-state index in [2.05, 4.69) is 38.0 Å². The molecule has 1 atom stereocenters. The van der Waals surface area contributed by atoms with E-state index in [0.717, 1.165) is 29.0 Å².